The van der Waals surface area contributed by atoms with E-state index in [9.17, 15) is 4.79 Å². The Balaban J connectivity index is 1.65. The van der Waals surface area contributed by atoms with Gasteiger partial charge in [-0.25, -0.2) is 10.4 Å². The van der Waals surface area contributed by atoms with Crippen LogP contribution in [0.2, 0.25) is 0 Å². The third-order valence-corrected chi connectivity index (χ3v) is 7.44. The molecule has 10 nitrogen and oxygen atoms in total. The van der Waals surface area contributed by atoms with Gasteiger partial charge in [-0.15, -0.1) is 6.58 Å². The van der Waals surface area contributed by atoms with Gasteiger partial charge < -0.3 is 14.6 Å². The Morgan fingerprint density at radius 1 is 1.23 bits per heavy atom. The fourth-order valence-corrected chi connectivity index (χ4v) is 5.33. The number of carbonyl (C=O) groups excluding carboxylic acids is 1. The maximum atomic E-state index is 14.0. The first-order valence-electron chi connectivity index (χ1n) is 13.9. The molecule has 0 spiro atoms. The number of aliphatic hydroxyl groups is 1. The number of aliphatic hydroxyl groups excluding tert-OH is 1. The molecule has 0 unspecified atom stereocenters. The van der Waals surface area contributed by atoms with Crippen molar-refractivity contribution in [3.8, 4) is 5.75 Å². The quantitative estimate of drug-likeness (QED) is 0.0737. The first kappa shape index (κ1) is 29.1. The number of nitrogens with one attached hydrogen (secondary N) is 2. The SMILES string of the molecule is C=CC[C@]1(C(=O)NNCC2CCCCC2)N=C(c2ccc(OCCCO)cc2)O[C@H]1c1ccccc1CN=[N+]=[N-]. The van der Waals surface area contributed by atoms with E-state index in [1.807, 2.05) is 48.5 Å². The van der Waals surface area contributed by atoms with Crippen molar-refractivity contribution in [3.05, 3.63) is 88.3 Å². The van der Waals surface area contributed by atoms with E-state index in [2.05, 4.69) is 27.5 Å². The van der Waals surface area contributed by atoms with E-state index < -0.39 is 11.6 Å². The number of hydrazine groups is 1. The summed E-state index contributed by atoms with van der Waals surface area (Å²) in [4.78, 5) is 21.8. The molecule has 2 aromatic rings. The standard InChI is InChI=1S/C30H38N6O4/c1-2-17-30(29(38)35-32-20-22-9-4-3-5-10-22)27(26-12-7-6-11-24(26)21-33-36-31)40-28(34-30)23-13-15-25(16-14-23)39-19-8-18-37/h2,6-7,11-16,22,27,32,37H,1,3-5,8-10,17-21H2,(H,35,38)/t27-,30-/m0/s1. The van der Waals surface area contributed by atoms with Gasteiger partial charge in [0, 0.05) is 36.5 Å². The lowest BCUT2D eigenvalue weighted by atomic mass is 9.83. The van der Waals surface area contributed by atoms with Gasteiger partial charge in [-0.1, -0.05) is 54.7 Å². The van der Waals surface area contributed by atoms with Gasteiger partial charge in [-0.3, -0.25) is 10.2 Å². The van der Waals surface area contributed by atoms with Crippen LogP contribution < -0.4 is 15.6 Å². The van der Waals surface area contributed by atoms with Crippen LogP contribution in [-0.4, -0.2) is 42.2 Å². The third kappa shape index (κ3) is 7.01. The van der Waals surface area contributed by atoms with Gasteiger partial charge in [0.15, 0.2) is 11.6 Å². The number of benzene rings is 2. The molecule has 2 aliphatic rings. The summed E-state index contributed by atoms with van der Waals surface area (Å²) in [5.41, 5.74) is 15.9. The highest BCUT2D eigenvalue weighted by Gasteiger charge is 2.53. The zero-order valence-corrected chi connectivity index (χ0v) is 22.8. The highest BCUT2D eigenvalue weighted by Crippen LogP contribution is 2.44. The molecule has 2 aromatic carbocycles. The normalized spacial score (nSPS) is 20.6. The zero-order chi connectivity index (χ0) is 28.2. The summed E-state index contributed by atoms with van der Waals surface area (Å²) in [5.74, 6) is 1.20. The summed E-state index contributed by atoms with van der Waals surface area (Å²) in [5, 5.41) is 12.8. The topological polar surface area (TPSA) is 141 Å². The molecule has 1 fully saturated rings. The fourth-order valence-electron chi connectivity index (χ4n) is 5.33. The number of hydrogen-bond donors (Lipinski definition) is 3. The molecule has 0 saturated heterocycles. The van der Waals surface area contributed by atoms with Crippen LogP contribution in [0.4, 0.5) is 0 Å². The van der Waals surface area contributed by atoms with Crippen molar-refractivity contribution < 1.29 is 19.4 Å². The molecule has 212 valence electrons. The Labute approximate surface area is 235 Å². The molecule has 1 aliphatic carbocycles. The number of amides is 1. The summed E-state index contributed by atoms with van der Waals surface area (Å²) in [6, 6.07) is 14.8. The molecule has 3 N–H and O–H groups in total. The first-order chi connectivity index (χ1) is 19.6. The van der Waals surface area contributed by atoms with E-state index in [4.69, 9.17) is 25.1 Å². The Bertz CT molecular complexity index is 1220. The van der Waals surface area contributed by atoms with Crippen molar-refractivity contribution in [2.24, 2.45) is 16.0 Å². The average molecular weight is 547 g/mol. The molecule has 1 heterocycles. The van der Waals surface area contributed by atoms with Crippen LogP contribution in [-0.2, 0) is 16.1 Å². The maximum Gasteiger partial charge on any atom is 0.266 e. The number of nitrogens with zero attached hydrogens (tertiary/aromatic N) is 4. The lowest BCUT2D eigenvalue weighted by molar-refractivity contribution is -0.130. The maximum absolute atomic E-state index is 14.0. The second-order valence-electron chi connectivity index (χ2n) is 10.2. The van der Waals surface area contributed by atoms with E-state index in [0.29, 0.717) is 42.7 Å². The lowest BCUT2D eigenvalue weighted by Crippen LogP contribution is -2.53. The summed E-state index contributed by atoms with van der Waals surface area (Å²) >= 11 is 0. The number of ether oxygens (including phenoxy) is 2. The van der Waals surface area contributed by atoms with Gasteiger partial charge in [0.05, 0.1) is 13.2 Å². The van der Waals surface area contributed by atoms with Crippen LogP contribution in [0.3, 0.4) is 0 Å². The van der Waals surface area contributed by atoms with Crippen LogP contribution >= 0.6 is 0 Å². The molecule has 1 amide bonds. The van der Waals surface area contributed by atoms with Gasteiger partial charge in [0.2, 0.25) is 5.90 Å². The van der Waals surface area contributed by atoms with Crippen LogP contribution in [0.15, 0.2) is 71.3 Å². The van der Waals surface area contributed by atoms with Crippen LogP contribution in [0.5, 0.6) is 5.75 Å². The van der Waals surface area contributed by atoms with Gasteiger partial charge in [-0.05, 0) is 59.7 Å². The molecular weight excluding hydrogens is 508 g/mol. The number of azide groups is 1. The first-order valence-corrected chi connectivity index (χ1v) is 13.9. The van der Waals surface area contributed by atoms with Crippen LogP contribution in [0, 0.1) is 5.92 Å². The number of hydrogen-bond acceptors (Lipinski definition) is 7. The second-order valence-corrected chi connectivity index (χ2v) is 10.2. The Kier molecular flexibility index (Phi) is 10.6. The third-order valence-electron chi connectivity index (χ3n) is 7.44. The van der Waals surface area contributed by atoms with E-state index >= 15 is 0 Å². The zero-order valence-electron chi connectivity index (χ0n) is 22.8. The number of aliphatic imine (C=N–C) groups is 1. The molecular formula is C30H38N6O4. The predicted molar refractivity (Wildman–Crippen MR) is 154 cm³/mol. The highest BCUT2D eigenvalue weighted by molar-refractivity contribution is 6.01. The monoisotopic (exact) mass is 546 g/mol. The van der Waals surface area contributed by atoms with Gasteiger partial charge >= 0.3 is 0 Å². The minimum absolute atomic E-state index is 0.0637. The number of rotatable bonds is 14. The molecule has 4 rings (SSSR count). The largest absolute Gasteiger partial charge is 0.494 e. The van der Waals surface area contributed by atoms with Gasteiger partial charge in [-0.2, -0.15) is 0 Å². The summed E-state index contributed by atoms with van der Waals surface area (Å²) < 4.78 is 12.1. The summed E-state index contributed by atoms with van der Waals surface area (Å²) in [6.45, 7) is 5.21. The fraction of sp³-hybridized carbons (Fsp3) is 0.467. The average Bonchev–Trinajstić information content (AvgIpc) is 3.38. The molecule has 1 aliphatic heterocycles. The van der Waals surface area contributed by atoms with E-state index in [-0.39, 0.29) is 25.5 Å². The van der Waals surface area contributed by atoms with E-state index in [1.165, 1.54) is 19.3 Å². The van der Waals surface area contributed by atoms with Crippen molar-refractivity contribution in [2.45, 2.75) is 63.1 Å². The van der Waals surface area contributed by atoms with Crippen LogP contribution in [0.25, 0.3) is 10.4 Å². The van der Waals surface area contributed by atoms with Gasteiger partial charge in [0.25, 0.3) is 5.91 Å². The highest BCUT2D eigenvalue weighted by atomic mass is 16.5. The Hall–Kier alpha value is -3.85. The Morgan fingerprint density at radius 3 is 2.73 bits per heavy atom. The molecule has 0 radical (unpaired) electrons. The molecule has 0 bridgehead atoms. The molecule has 2 atom stereocenters. The van der Waals surface area contributed by atoms with E-state index in [1.54, 1.807) is 6.08 Å². The van der Waals surface area contributed by atoms with Crippen molar-refractivity contribution in [2.75, 3.05) is 19.8 Å². The summed E-state index contributed by atoms with van der Waals surface area (Å²) in [6.07, 6.45) is 7.70. The minimum Gasteiger partial charge on any atom is -0.494 e. The van der Waals surface area contributed by atoms with Crippen molar-refractivity contribution in [3.63, 3.8) is 0 Å². The predicted octanol–water partition coefficient (Wildman–Crippen LogP) is 5.29. The Morgan fingerprint density at radius 2 is 2.00 bits per heavy atom. The van der Waals surface area contributed by atoms with Crippen molar-refractivity contribution >= 4 is 11.8 Å². The van der Waals surface area contributed by atoms with Gasteiger partial charge in [0.1, 0.15) is 5.75 Å². The smallest absolute Gasteiger partial charge is 0.266 e. The second kappa shape index (κ2) is 14.5. The molecule has 1 saturated carbocycles. The van der Waals surface area contributed by atoms with Crippen molar-refractivity contribution in [1.82, 2.24) is 10.9 Å². The molecule has 10 heteroatoms. The lowest BCUT2D eigenvalue weighted by Gasteiger charge is -2.31. The molecule has 40 heavy (non-hydrogen) atoms. The van der Waals surface area contributed by atoms with Crippen molar-refractivity contribution in [1.29, 1.82) is 0 Å². The minimum atomic E-state index is -1.33. The molecule has 0 aromatic heterocycles. The summed E-state index contributed by atoms with van der Waals surface area (Å²) in [7, 11) is 0. The number of carbonyl (C=O) groups is 1. The van der Waals surface area contributed by atoms with E-state index in [0.717, 1.165) is 24.0 Å². The van der Waals surface area contributed by atoms with Crippen LogP contribution in [0.1, 0.15) is 67.7 Å².